The van der Waals surface area contributed by atoms with Crippen LogP contribution in [0.5, 0.6) is 0 Å². The minimum Gasteiger partial charge on any atom is -0.378 e. The van der Waals surface area contributed by atoms with Gasteiger partial charge in [0.05, 0.1) is 11.6 Å². The lowest BCUT2D eigenvalue weighted by atomic mass is 10.0. The molecule has 2 rings (SSSR count). The molecule has 1 aromatic carbocycles. The van der Waals surface area contributed by atoms with E-state index in [0.717, 1.165) is 23.4 Å². The summed E-state index contributed by atoms with van der Waals surface area (Å²) in [6.07, 6.45) is 7.98. The number of rotatable bonds is 3. The maximum Gasteiger partial charge on any atom is 0.0998 e. The van der Waals surface area contributed by atoms with Crippen LogP contribution in [0.4, 0.5) is 5.69 Å². The molecule has 0 aromatic heterocycles. The van der Waals surface area contributed by atoms with E-state index < -0.39 is 0 Å². The summed E-state index contributed by atoms with van der Waals surface area (Å²) < 4.78 is 0. The van der Waals surface area contributed by atoms with Crippen LogP contribution in [-0.4, -0.2) is 32.6 Å². The number of hydrogen-bond donors (Lipinski definition) is 0. The van der Waals surface area contributed by atoms with Crippen LogP contribution in [0.2, 0.25) is 0 Å². The Labute approximate surface area is 143 Å². The van der Waals surface area contributed by atoms with Gasteiger partial charge >= 0.3 is 0 Å². The zero-order valence-corrected chi connectivity index (χ0v) is 14.9. The summed E-state index contributed by atoms with van der Waals surface area (Å²) in [5.74, 6) is 0. The van der Waals surface area contributed by atoms with Gasteiger partial charge in [-0.25, -0.2) is 0 Å². The molecule has 0 amide bonds. The van der Waals surface area contributed by atoms with Crippen LogP contribution in [0.3, 0.4) is 0 Å². The van der Waals surface area contributed by atoms with Gasteiger partial charge in [0.2, 0.25) is 0 Å². The van der Waals surface area contributed by atoms with Crippen molar-refractivity contribution in [3.05, 3.63) is 59.3 Å². The molecule has 21 heavy (non-hydrogen) atoms. The summed E-state index contributed by atoms with van der Waals surface area (Å²) in [5, 5.41) is 9.33. The second-order valence-electron chi connectivity index (χ2n) is 5.07. The standard InChI is InChI=1S/C17H19N3.HI/c1-19(2)17-6-4-14(5-7-17)12-16(13-18)15-8-10-20(3)11-9-15;/h4-10,12H,11H2,1-3H3;1H. The molecule has 0 atom stereocenters. The molecule has 1 aliphatic heterocycles. The first-order valence-corrected chi connectivity index (χ1v) is 6.58. The molecule has 1 aromatic rings. The predicted octanol–water partition coefficient (Wildman–Crippen LogP) is 3.66. The first-order valence-electron chi connectivity index (χ1n) is 6.58. The number of anilines is 1. The van der Waals surface area contributed by atoms with Crippen molar-refractivity contribution in [3.8, 4) is 6.07 Å². The van der Waals surface area contributed by atoms with Crippen LogP contribution in [0.1, 0.15) is 5.56 Å². The van der Waals surface area contributed by atoms with Crippen LogP contribution in [0.15, 0.2) is 53.8 Å². The lowest BCUT2D eigenvalue weighted by Crippen LogP contribution is -2.13. The van der Waals surface area contributed by atoms with E-state index in [0.29, 0.717) is 5.57 Å². The van der Waals surface area contributed by atoms with Gasteiger partial charge in [-0.05, 0) is 41.6 Å². The summed E-state index contributed by atoms with van der Waals surface area (Å²) >= 11 is 0. The fourth-order valence-corrected chi connectivity index (χ4v) is 1.99. The largest absolute Gasteiger partial charge is 0.378 e. The van der Waals surface area contributed by atoms with Crippen LogP contribution >= 0.6 is 24.0 Å². The van der Waals surface area contributed by atoms with Gasteiger partial charge in [0.1, 0.15) is 0 Å². The smallest absolute Gasteiger partial charge is 0.0998 e. The van der Waals surface area contributed by atoms with E-state index in [1.54, 1.807) is 0 Å². The molecule has 3 nitrogen and oxygen atoms in total. The molecule has 1 aliphatic rings. The van der Waals surface area contributed by atoms with Crippen LogP contribution in [0.25, 0.3) is 6.08 Å². The van der Waals surface area contributed by atoms with Gasteiger partial charge in [0.25, 0.3) is 0 Å². The molecule has 0 unspecified atom stereocenters. The average Bonchev–Trinajstić information content (AvgIpc) is 2.46. The fraction of sp³-hybridized carbons (Fsp3) is 0.235. The highest BCUT2D eigenvalue weighted by Gasteiger charge is 2.06. The summed E-state index contributed by atoms with van der Waals surface area (Å²) in [7, 11) is 6.04. The van der Waals surface area contributed by atoms with E-state index in [2.05, 4.69) is 34.1 Å². The molecule has 0 fully saturated rings. The van der Waals surface area contributed by atoms with Crippen molar-refractivity contribution < 1.29 is 0 Å². The highest BCUT2D eigenvalue weighted by molar-refractivity contribution is 14.0. The number of allylic oxidation sites excluding steroid dienone is 3. The zero-order chi connectivity index (χ0) is 14.5. The van der Waals surface area contributed by atoms with Crippen molar-refractivity contribution in [2.45, 2.75) is 0 Å². The van der Waals surface area contributed by atoms with Gasteiger partial charge in [-0.3, -0.25) is 0 Å². The SMILES string of the molecule is CN1C=CC(C(C#N)=Cc2ccc(N(C)C)cc2)=CC1.I. The molecule has 0 saturated heterocycles. The number of hydrogen-bond acceptors (Lipinski definition) is 3. The van der Waals surface area contributed by atoms with Gasteiger partial charge in [0, 0.05) is 33.4 Å². The zero-order valence-electron chi connectivity index (χ0n) is 12.6. The molecular formula is C17H20IN3. The van der Waals surface area contributed by atoms with Crippen LogP contribution in [-0.2, 0) is 0 Å². The molecule has 0 N–H and O–H groups in total. The molecule has 0 bridgehead atoms. The number of likely N-dealkylation sites (N-methyl/N-ethyl adjacent to an activating group) is 1. The minimum absolute atomic E-state index is 0. The normalized spacial score (nSPS) is 14.1. The Balaban J connectivity index is 0.00000220. The highest BCUT2D eigenvalue weighted by Crippen LogP contribution is 2.20. The van der Waals surface area contributed by atoms with E-state index in [1.807, 2.05) is 51.6 Å². The molecule has 0 spiro atoms. The van der Waals surface area contributed by atoms with Crippen molar-refractivity contribution in [1.29, 1.82) is 5.26 Å². The van der Waals surface area contributed by atoms with Crippen LogP contribution < -0.4 is 4.90 Å². The van der Waals surface area contributed by atoms with Crippen molar-refractivity contribution in [2.24, 2.45) is 0 Å². The summed E-state index contributed by atoms with van der Waals surface area (Å²) in [4.78, 5) is 4.13. The molecule has 0 aliphatic carbocycles. The topological polar surface area (TPSA) is 30.3 Å². The fourth-order valence-electron chi connectivity index (χ4n) is 1.99. The molecule has 110 valence electrons. The Morgan fingerprint density at radius 2 is 1.95 bits per heavy atom. The number of nitrogens with zero attached hydrogens (tertiary/aromatic N) is 3. The summed E-state index contributed by atoms with van der Waals surface area (Å²) in [5.41, 5.74) is 3.88. The quantitative estimate of drug-likeness (QED) is 0.580. The van der Waals surface area contributed by atoms with Gasteiger partial charge in [-0.2, -0.15) is 5.26 Å². The molecular weight excluding hydrogens is 373 g/mol. The molecule has 1 heterocycles. The number of nitriles is 1. The maximum absolute atomic E-state index is 9.33. The van der Waals surface area contributed by atoms with E-state index in [-0.39, 0.29) is 24.0 Å². The van der Waals surface area contributed by atoms with Gasteiger partial charge in [-0.15, -0.1) is 24.0 Å². The Morgan fingerprint density at radius 1 is 1.29 bits per heavy atom. The van der Waals surface area contributed by atoms with E-state index in [1.165, 1.54) is 0 Å². The van der Waals surface area contributed by atoms with E-state index >= 15 is 0 Å². The highest BCUT2D eigenvalue weighted by atomic mass is 127. The van der Waals surface area contributed by atoms with Crippen molar-refractivity contribution in [3.63, 3.8) is 0 Å². The van der Waals surface area contributed by atoms with Gasteiger partial charge in [0.15, 0.2) is 0 Å². The van der Waals surface area contributed by atoms with Gasteiger partial charge in [-0.1, -0.05) is 18.2 Å². The van der Waals surface area contributed by atoms with Crippen molar-refractivity contribution in [2.75, 3.05) is 32.6 Å². The summed E-state index contributed by atoms with van der Waals surface area (Å²) in [6.45, 7) is 0.838. The van der Waals surface area contributed by atoms with E-state index in [9.17, 15) is 5.26 Å². The Kier molecular flexibility index (Phi) is 6.50. The third-order valence-corrected chi connectivity index (χ3v) is 3.26. The third-order valence-electron chi connectivity index (χ3n) is 3.26. The Morgan fingerprint density at radius 3 is 2.43 bits per heavy atom. The first-order chi connectivity index (χ1) is 9.60. The minimum atomic E-state index is 0. The molecule has 4 heteroatoms. The van der Waals surface area contributed by atoms with Gasteiger partial charge < -0.3 is 9.80 Å². The molecule has 0 radical (unpaired) electrons. The second-order valence-corrected chi connectivity index (χ2v) is 5.07. The Bertz CT molecular complexity index is 604. The summed E-state index contributed by atoms with van der Waals surface area (Å²) in [6, 6.07) is 10.5. The van der Waals surface area contributed by atoms with E-state index in [4.69, 9.17) is 0 Å². The maximum atomic E-state index is 9.33. The number of benzene rings is 1. The van der Waals surface area contributed by atoms with Crippen molar-refractivity contribution >= 4 is 35.7 Å². The predicted molar refractivity (Wildman–Crippen MR) is 99.6 cm³/mol. The van der Waals surface area contributed by atoms with Crippen molar-refractivity contribution in [1.82, 2.24) is 4.90 Å². The van der Waals surface area contributed by atoms with Crippen LogP contribution in [0, 0.1) is 11.3 Å². The lowest BCUT2D eigenvalue weighted by molar-refractivity contribution is 0.503. The monoisotopic (exact) mass is 393 g/mol. The first kappa shape index (κ1) is 17.3. The number of halogens is 1. The molecule has 0 saturated carbocycles. The second kappa shape index (κ2) is 7.89. The Hall–Kier alpha value is -1.74. The lowest BCUT2D eigenvalue weighted by Gasteiger charge is -2.16. The average molecular weight is 393 g/mol. The third kappa shape index (κ3) is 4.64.